The van der Waals surface area contributed by atoms with Crippen LogP contribution in [0.15, 0.2) is 89.5 Å². The van der Waals surface area contributed by atoms with Crippen molar-refractivity contribution >= 4 is 34.5 Å². The highest BCUT2D eigenvalue weighted by Crippen LogP contribution is 2.34. The summed E-state index contributed by atoms with van der Waals surface area (Å²) in [5, 5.41) is 3.11. The number of nitrogens with one attached hydrogen (secondary N) is 1. The van der Waals surface area contributed by atoms with Gasteiger partial charge in [-0.25, -0.2) is 0 Å². The van der Waals surface area contributed by atoms with E-state index in [1.54, 1.807) is 6.20 Å². The number of fused-ring (bicyclic) bond motifs is 1. The van der Waals surface area contributed by atoms with Gasteiger partial charge in [-0.3, -0.25) is 9.78 Å². The topological polar surface area (TPSA) is 96.0 Å². The van der Waals surface area contributed by atoms with Gasteiger partial charge in [0.1, 0.15) is 18.1 Å². The molecule has 1 fully saturated rings. The number of nitrogens with zero attached hydrogens (tertiary/aromatic N) is 2. The SMILES string of the molecule is CCCCOCCOc1ccc(-c2ccc3c(c2)/C=C(/C(=O)Nc2ccc([S+]([O-])Cc4c(C)ccnc4C)cc2)CCCN3C[C@@H]2CCCO2)cc1. The summed E-state index contributed by atoms with van der Waals surface area (Å²) < 4.78 is 30.8. The number of amides is 1. The first-order chi connectivity index (χ1) is 25.4. The molecular formula is C43H51N3O5S. The first kappa shape index (κ1) is 37.6. The molecule has 2 aliphatic rings. The molecule has 0 saturated carbocycles. The molecule has 1 N–H and O–H groups in total. The molecule has 3 heterocycles. The lowest BCUT2D eigenvalue weighted by atomic mass is 9.96. The number of hydrogen-bond donors (Lipinski definition) is 1. The van der Waals surface area contributed by atoms with Crippen molar-refractivity contribution in [2.45, 2.75) is 76.0 Å². The van der Waals surface area contributed by atoms with Crippen LogP contribution in [0.3, 0.4) is 0 Å². The average Bonchev–Trinajstić information content (AvgIpc) is 3.66. The van der Waals surface area contributed by atoms with Crippen LogP contribution in [0, 0.1) is 13.8 Å². The van der Waals surface area contributed by atoms with E-state index in [0.29, 0.717) is 31.1 Å². The number of pyridine rings is 1. The van der Waals surface area contributed by atoms with Gasteiger partial charge in [-0.05, 0) is 140 Å². The number of hydrogen-bond acceptors (Lipinski definition) is 7. The van der Waals surface area contributed by atoms with Gasteiger partial charge >= 0.3 is 0 Å². The van der Waals surface area contributed by atoms with Crippen molar-refractivity contribution < 1.29 is 23.6 Å². The third-order valence-electron chi connectivity index (χ3n) is 9.79. The fraction of sp³-hybridized carbons (Fsp3) is 0.395. The summed E-state index contributed by atoms with van der Waals surface area (Å²) in [4.78, 5) is 21.3. The molecule has 0 aliphatic carbocycles. The molecule has 2 atom stereocenters. The molecule has 8 nitrogen and oxygen atoms in total. The van der Waals surface area contributed by atoms with E-state index in [2.05, 4.69) is 52.5 Å². The summed E-state index contributed by atoms with van der Waals surface area (Å²) in [6.07, 6.45) is 9.90. The van der Waals surface area contributed by atoms with E-state index in [1.807, 2.05) is 62.4 Å². The van der Waals surface area contributed by atoms with Crippen LogP contribution in [-0.2, 0) is 31.2 Å². The molecule has 1 saturated heterocycles. The van der Waals surface area contributed by atoms with Crippen molar-refractivity contribution in [3.05, 3.63) is 107 Å². The summed E-state index contributed by atoms with van der Waals surface area (Å²) in [7, 11) is 0. The highest BCUT2D eigenvalue weighted by Gasteiger charge is 2.24. The molecule has 0 bridgehead atoms. The Hall–Kier alpha value is -4.15. The van der Waals surface area contributed by atoms with Gasteiger partial charge in [-0.2, -0.15) is 0 Å². The van der Waals surface area contributed by atoms with Crippen molar-refractivity contribution in [2.24, 2.45) is 0 Å². The van der Waals surface area contributed by atoms with Gasteiger partial charge in [0, 0.05) is 60.7 Å². The van der Waals surface area contributed by atoms with Gasteiger partial charge in [0.15, 0.2) is 4.90 Å². The van der Waals surface area contributed by atoms with Crippen LogP contribution in [0.5, 0.6) is 5.75 Å². The second kappa shape index (κ2) is 18.6. The summed E-state index contributed by atoms with van der Waals surface area (Å²) in [6.45, 7) is 10.5. The van der Waals surface area contributed by atoms with E-state index < -0.39 is 11.2 Å². The molecule has 2 aliphatic heterocycles. The fourth-order valence-electron chi connectivity index (χ4n) is 6.75. The normalized spacial score (nSPS) is 17.4. The molecule has 0 spiro atoms. The third kappa shape index (κ3) is 10.0. The molecule has 52 heavy (non-hydrogen) atoms. The largest absolute Gasteiger partial charge is 0.611 e. The van der Waals surface area contributed by atoms with E-state index >= 15 is 0 Å². The van der Waals surface area contributed by atoms with Gasteiger partial charge < -0.3 is 29.0 Å². The molecule has 1 unspecified atom stereocenters. The monoisotopic (exact) mass is 721 g/mol. The number of unbranched alkanes of at least 4 members (excludes halogenated alkanes) is 1. The van der Waals surface area contributed by atoms with Crippen LogP contribution in [-0.4, -0.2) is 61.1 Å². The lowest BCUT2D eigenvalue weighted by molar-refractivity contribution is -0.112. The van der Waals surface area contributed by atoms with Gasteiger partial charge in [0.05, 0.1) is 12.7 Å². The van der Waals surface area contributed by atoms with Gasteiger partial charge in [-0.15, -0.1) is 0 Å². The summed E-state index contributed by atoms with van der Waals surface area (Å²) in [5.74, 6) is 1.09. The predicted octanol–water partition coefficient (Wildman–Crippen LogP) is 8.67. The average molecular weight is 722 g/mol. The third-order valence-corrected chi connectivity index (χ3v) is 11.1. The number of carbonyl (C=O) groups is 1. The van der Waals surface area contributed by atoms with Gasteiger partial charge in [0.25, 0.3) is 5.91 Å². The van der Waals surface area contributed by atoms with Crippen LogP contribution in [0.4, 0.5) is 11.4 Å². The summed E-state index contributed by atoms with van der Waals surface area (Å²) in [6, 6.07) is 24.0. The van der Waals surface area contributed by atoms with Crippen molar-refractivity contribution in [3.8, 4) is 16.9 Å². The molecule has 274 valence electrons. The van der Waals surface area contributed by atoms with Crippen molar-refractivity contribution in [2.75, 3.05) is 49.7 Å². The van der Waals surface area contributed by atoms with Gasteiger partial charge in [-0.1, -0.05) is 31.5 Å². The van der Waals surface area contributed by atoms with Crippen LogP contribution in [0.1, 0.15) is 67.8 Å². The minimum atomic E-state index is -1.23. The molecule has 4 aromatic rings. The van der Waals surface area contributed by atoms with Gasteiger partial charge in [0.2, 0.25) is 0 Å². The zero-order valence-corrected chi connectivity index (χ0v) is 31.5. The lowest BCUT2D eigenvalue weighted by Crippen LogP contribution is -2.34. The Morgan fingerprint density at radius 1 is 1.00 bits per heavy atom. The second-order valence-corrected chi connectivity index (χ2v) is 15.1. The van der Waals surface area contributed by atoms with Crippen LogP contribution in [0.25, 0.3) is 17.2 Å². The number of aryl methyl sites for hydroxylation is 2. The Morgan fingerprint density at radius 2 is 1.81 bits per heavy atom. The quantitative estimate of drug-likeness (QED) is 0.0970. The zero-order chi connectivity index (χ0) is 36.3. The molecular weight excluding hydrogens is 671 g/mol. The standard InChI is InChI=1S/C43H51N3O5S/c1-4-5-23-49-25-26-51-38-15-10-33(11-16-38)34-12-19-42-36(27-34)28-35(8-6-22-46(42)29-39-9-7-24-50-39)43(47)45-37-13-17-40(18-14-37)52(48)30-41-31(2)20-21-44-32(41)3/h10-21,27-28,39H,4-9,22-26,29-30H2,1-3H3,(H,45,47)/b35-28+/t39-,52?/m0/s1. The molecule has 0 radical (unpaired) electrons. The van der Waals surface area contributed by atoms with E-state index in [-0.39, 0.29) is 12.0 Å². The number of benzene rings is 3. The molecule has 6 rings (SSSR count). The van der Waals surface area contributed by atoms with E-state index in [0.717, 1.165) is 114 Å². The first-order valence-corrected chi connectivity index (χ1v) is 19.9. The Kier molecular flexibility index (Phi) is 13.4. The number of rotatable bonds is 15. The van der Waals surface area contributed by atoms with E-state index in [9.17, 15) is 9.35 Å². The number of anilines is 2. The Labute approximate surface area is 311 Å². The Balaban J connectivity index is 1.18. The minimum absolute atomic E-state index is 0.125. The fourth-order valence-corrected chi connectivity index (χ4v) is 8.06. The summed E-state index contributed by atoms with van der Waals surface area (Å²) >= 11 is -1.23. The maximum absolute atomic E-state index is 13.8. The molecule has 3 aromatic carbocycles. The smallest absolute Gasteiger partial charge is 0.251 e. The minimum Gasteiger partial charge on any atom is -0.611 e. The van der Waals surface area contributed by atoms with E-state index in [1.165, 1.54) is 0 Å². The molecule has 1 amide bonds. The Morgan fingerprint density at radius 3 is 2.56 bits per heavy atom. The number of ether oxygens (including phenoxy) is 3. The summed E-state index contributed by atoms with van der Waals surface area (Å²) in [5.41, 5.74) is 8.67. The lowest BCUT2D eigenvalue weighted by Gasteiger charge is -2.31. The maximum Gasteiger partial charge on any atom is 0.251 e. The second-order valence-electron chi connectivity index (χ2n) is 13.6. The van der Waals surface area contributed by atoms with Crippen LogP contribution < -0.4 is 15.0 Å². The predicted molar refractivity (Wildman–Crippen MR) is 210 cm³/mol. The number of carbonyl (C=O) groups excluding carboxylic acids is 1. The maximum atomic E-state index is 13.8. The molecule has 9 heteroatoms. The van der Waals surface area contributed by atoms with Crippen molar-refractivity contribution in [3.63, 3.8) is 0 Å². The van der Waals surface area contributed by atoms with E-state index in [4.69, 9.17) is 14.2 Å². The highest BCUT2D eigenvalue weighted by atomic mass is 32.2. The first-order valence-electron chi connectivity index (χ1n) is 18.6. The highest BCUT2D eigenvalue weighted by molar-refractivity contribution is 7.90. The Bertz CT molecular complexity index is 1780. The van der Waals surface area contributed by atoms with Crippen molar-refractivity contribution in [1.29, 1.82) is 0 Å². The molecule has 1 aromatic heterocycles. The van der Waals surface area contributed by atoms with Crippen molar-refractivity contribution in [1.82, 2.24) is 4.98 Å². The number of aromatic nitrogens is 1. The zero-order valence-electron chi connectivity index (χ0n) is 30.7. The van der Waals surface area contributed by atoms with Crippen LogP contribution in [0.2, 0.25) is 0 Å². The van der Waals surface area contributed by atoms with Crippen LogP contribution >= 0.6 is 0 Å².